The zero-order valence-electron chi connectivity index (χ0n) is 10.8. The van der Waals surface area contributed by atoms with Crippen LogP contribution in [0.15, 0.2) is 48.5 Å². The number of hydrogen-bond acceptors (Lipinski definition) is 3. The van der Waals surface area contributed by atoms with Gasteiger partial charge in [-0.25, -0.2) is 4.90 Å². The van der Waals surface area contributed by atoms with Gasteiger partial charge in [-0.1, -0.05) is 12.1 Å². The van der Waals surface area contributed by atoms with Crippen LogP contribution < -0.4 is 4.90 Å². The first kappa shape index (κ1) is 12.3. The number of anilines is 1. The highest BCUT2D eigenvalue weighted by Gasteiger charge is 2.36. The Kier molecular flexibility index (Phi) is 2.71. The summed E-state index contributed by atoms with van der Waals surface area (Å²) in [4.78, 5) is 36.9. The van der Waals surface area contributed by atoms with Crippen LogP contribution in [-0.4, -0.2) is 17.6 Å². The molecule has 0 fully saturated rings. The number of carbonyl (C=O) groups is 3. The van der Waals surface area contributed by atoms with Gasteiger partial charge in [0.1, 0.15) is 0 Å². The van der Waals surface area contributed by atoms with Crippen LogP contribution in [-0.2, 0) is 0 Å². The second-order valence-electron chi connectivity index (χ2n) is 4.59. The number of Topliss-reactive ketones (excluding diaryl/α,β-unsaturated/α-hetero) is 1. The number of rotatable bonds is 2. The highest BCUT2D eigenvalue weighted by Crippen LogP contribution is 2.28. The number of amides is 2. The lowest BCUT2D eigenvalue weighted by molar-refractivity contribution is 0.0925. The van der Waals surface area contributed by atoms with Crippen LogP contribution in [0, 0.1) is 0 Å². The van der Waals surface area contributed by atoms with Gasteiger partial charge in [-0.3, -0.25) is 14.4 Å². The molecule has 0 unspecified atom stereocenters. The van der Waals surface area contributed by atoms with E-state index in [4.69, 9.17) is 0 Å². The maximum absolute atomic E-state index is 12.3. The van der Waals surface area contributed by atoms with Crippen molar-refractivity contribution >= 4 is 23.3 Å². The molecule has 2 amide bonds. The fourth-order valence-corrected chi connectivity index (χ4v) is 2.27. The third-order valence-electron chi connectivity index (χ3n) is 3.33. The molecule has 2 aromatic rings. The van der Waals surface area contributed by atoms with Gasteiger partial charge in [-0.2, -0.15) is 0 Å². The van der Waals surface area contributed by atoms with Gasteiger partial charge in [0, 0.05) is 5.56 Å². The Morgan fingerprint density at radius 2 is 1.35 bits per heavy atom. The summed E-state index contributed by atoms with van der Waals surface area (Å²) < 4.78 is 0. The van der Waals surface area contributed by atoms with Crippen molar-refractivity contribution < 1.29 is 14.4 Å². The number of hydrogen-bond donors (Lipinski definition) is 0. The molecule has 3 rings (SSSR count). The second kappa shape index (κ2) is 4.42. The predicted molar refractivity (Wildman–Crippen MR) is 74.0 cm³/mol. The molecule has 98 valence electrons. The number of ketones is 1. The van der Waals surface area contributed by atoms with Crippen LogP contribution >= 0.6 is 0 Å². The first-order valence-corrected chi connectivity index (χ1v) is 6.18. The maximum Gasteiger partial charge on any atom is 0.266 e. The Morgan fingerprint density at radius 3 is 1.80 bits per heavy atom. The molecule has 4 heteroatoms. The van der Waals surface area contributed by atoms with Crippen molar-refractivity contribution in [2.24, 2.45) is 0 Å². The number of nitrogens with zero attached hydrogens (tertiary/aromatic N) is 1. The molecule has 0 radical (unpaired) electrons. The van der Waals surface area contributed by atoms with Crippen molar-refractivity contribution in [1.29, 1.82) is 0 Å². The van der Waals surface area contributed by atoms with E-state index < -0.39 is 0 Å². The SMILES string of the molecule is CC(=O)c1ccc(N2C(=O)c3ccccc3C2=O)cc1. The number of carbonyl (C=O) groups excluding carboxylic acids is 3. The molecule has 0 aromatic heterocycles. The Balaban J connectivity index is 2.02. The molecule has 0 bridgehead atoms. The van der Waals surface area contributed by atoms with E-state index in [1.165, 1.54) is 6.92 Å². The molecule has 1 aliphatic heterocycles. The standard InChI is InChI=1S/C16H11NO3/c1-10(18)11-6-8-12(9-7-11)17-15(19)13-4-2-3-5-14(13)16(17)20/h2-9H,1H3. The van der Waals surface area contributed by atoms with Crippen molar-refractivity contribution in [2.75, 3.05) is 4.90 Å². The Bertz CT molecular complexity index is 697. The topological polar surface area (TPSA) is 54.5 Å². The molecule has 0 N–H and O–H groups in total. The molecule has 2 aromatic carbocycles. The zero-order valence-corrected chi connectivity index (χ0v) is 10.8. The molecule has 1 aliphatic rings. The van der Waals surface area contributed by atoms with E-state index in [9.17, 15) is 14.4 Å². The quantitative estimate of drug-likeness (QED) is 0.619. The van der Waals surface area contributed by atoms with Gasteiger partial charge in [0.25, 0.3) is 11.8 Å². The highest BCUT2D eigenvalue weighted by molar-refractivity contribution is 6.34. The first-order valence-electron chi connectivity index (χ1n) is 6.18. The van der Waals surface area contributed by atoms with Crippen molar-refractivity contribution in [1.82, 2.24) is 0 Å². The van der Waals surface area contributed by atoms with Crippen molar-refractivity contribution in [2.45, 2.75) is 6.92 Å². The normalized spacial score (nSPS) is 13.6. The lowest BCUT2D eigenvalue weighted by Gasteiger charge is -2.13. The minimum Gasteiger partial charge on any atom is -0.295 e. The van der Waals surface area contributed by atoms with E-state index in [1.807, 2.05) is 0 Å². The first-order chi connectivity index (χ1) is 9.59. The lowest BCUT2D eigenvalue weighted by Crippen LogP contribution is -2.29. The molecular weight excluding hydrogens is 254 g/mol. The summed E-state index contributed by atoms with van der Waals surface area (Å²) in [6.07, 6.45) is 0. The Morgan fingerprint density at radius 1 is 0.850 bits per heavy atom. The van der Waals surface area contributed by atoms with Crippen LogP contribution in [0.4, 0.5) is 5.69 Å². The zero-order chi connectivity index (χ0) is 14.3. The monoisotopic (exact) mass is 265 g/mol. The lowest BCUT2D eigenvalue weighted by atomic mass is 10.1. The van der Waals surface area contributed by atoms with Crippen molar-refractivity contribution in [3.05, 3.63) is 65.2 Å². The summed E-state index contributed by atoms with van der Waals surface area (Å²) in [6.45, 7) is 1.47. The average molecular weight is 265 g/mol. The average Bonchev–Trinajstić information content (AvgIpc) is 2.72. The van der Waals surface area contributed by atoms with Crippen LogP contribution in [0.3, 0.4) is 0 Å². The van der Waals surface area contributed by atoms with E-state index in [2.05, 4.69) is 0 Å². The molecule has 4 nitrogen and oxygen atoms in total. The highest BCUT2D eigenvalue weighted by atomic mass is 16.2. The van der Waals surface area contributed by atoms with E-state index in [0.29, 0.717) is 22.4 Å². The third kappa shape index (κ3) is 1.73. The summed E-state index contributed by atoms with van der Waals surface area (Å²) in [6, 6.07) is 13.2. The summed E-state index contributed by atoms with van der Waals surface area (Å²) in [7, 11) is 0. The third-order valence-corrected chi connectivity index (χ3v) is 3.33. The van der Waals surface area contributed by atoms with Crippen molar-refractivity contribution in [3.8, 4) is 0 Å². The summed E-state index contributed by atoms with van der Waals surface area (Å²) in [5.74, 6) is -0.721. The van der Waals surface area contributed by atoms with Gasteiger partial charge in [0.05, 0.1) is 16.8 Å². The molecule has 0 atom stereocenters. The van der Waals surface area contributed by atoms with Crippen LogP contribution in [0.25, 0.3) is 0 Å². The Labute approximate surface area is 115 Å². The smallest absolute Gasteiger partial charge is 0.266 e. The molecule has 0 spiro atoms. The number of fused-ring (bicyclic) bond motifs is 1. The van der Waals surface area contributed by atoms with Crippen LogP contribution in [0.5, 0.6) is 0 Å². The van der Waals surface area contributed by atoms with Gasteiger partial charge in [-0.15, -0.1) is 0 Å². The largest absolute Gasteiger partial charge is 0.295 e. The van der Waals surface area contributed by atoms with Crippen LogP contribution in [0.1, 0.15) is 38.0 Å². The molecule has 0 saturated heterocycles. The Hall–Kier alpha value is -2.75. The molecule has 0 aliphatic carbocycles. The molecule has 1 heterocycles. The number of benzene rings is 2. The molecule has 20 heavy (non-hydrogen) atoms. The van der Waals surface area contributed by atoms with Gasteiger partial charge in [0.2, 0.25) is 0 Å². The summed E-state index contributed by atoms with van der Waals surface area (Å²) in [5.41, 5.74) is 1.84. The number of imide groups is 1. The summed E-state index contributed by atoms with van der Waals surface area (Å²) in [5, 5.41) is 0. The van der Waals surface area contributed by atoms with Crippen molar-refractivity contribution in [3.63, 3.8) is 0 Å². The van der Waals surface area contributed by atoms with Crippen LogP contribution in [0.2, 0.25) is 0 Å². The van der Waals surface area contributed by atoms with Gasteiger partial charge in [-0.05, 0) is 43.3 Å². The molecular formula is C16H11NO3. The van der Waals surface area contributed by atoms with E-state index in [0.717, 1.165) is 4.90 Å². The van der Waals surface area contributed by atoms with E-state index in [-0.39, 0.29) is 17.6 Å². The summed E-state index contributed by atoms with van der Waals surface area (Å²) >= 11 is 0. The van der Waals surface area contributed by atoms with E-state index >= 15 is 0 Å². The van der Waals surface area contributed by atoms with Gasteiger partial charge in [0.15, 0.2) is 5.78 Å². The fraction of sp³-hybridized carbons (Fsp3) is 0.0625. The molecule has 0 saturated carbocycles. The minimum atomic E-state index is -0.332. The fourth-order valence-electron chi connectivity index (χ4n) is 2.27. The van der Waals surface area contributed by atoms with E-state index in [1.54, 1.807) is 48.5 Å². The second-order valence-corrected chi connectivity index (χ2v) is 4.59. The van der Waals surface area contributed by atoms with Gasteiger partial charge >= 0.3 is 0 Å². The minimum absolute atomic E-state index is 0.0566. The predicted octanol–water partition coefficient (Wildman–Crippen LogP) is 2.69. The van der Waals surface area contributed by atoms with Gasteiger partial charge < -0.3 is 0 Å². The maximum atomic E-state index is 12.3.